The van der Waals surface area contributed by atoms with Crippen molar-refractivity contribution in [1.82, 2.24) is 9.29 Å². The molecule has 0 saturated heterocycles. The van der Waals surface area contributed by atoms with Crippen LogP contribution in [-0.2, 0) is 21.9 Å². The molecule has 0 saturated carbocycles. The van der Waals surface area contributed by atoms with Crippen LogP contribution in [0.25, 0.3) is 0 Å². The molecule has 0 radical (unpaired) electrons. The summed E-state index contributed by atoms with van der Waals surface area (Å²) in [6, 6.07) is 3.14. The maximum absolute atomic E-state index is 12.7. The summed E-state index contributed by atoms with van der Waals surface area (Å²) < 4.78 is 29.5. The second-order valence-corrected chi connectivity index (χ2v) is 9.66. The Bertz CT molecular complexity index is 954. The van der Waals surface area contributed by atoms with Crippen molar-refractivity contribution in [3.63, 3.8) is 0 Å². The van der Waals surface area contributed by atoms with Crippen molar-refractivity contribution in [1.29, 1.82) is 0 Å². The van der Waals surface area contributed by atoms with Crippen LogP contribution in [0.15, 0.2) is 39.7 Å². The van der Waals surface area contributed by atoms with Gasteiger partial charge in [-0.15, -0.1) is 11.3 Å². The van der Waals surface area contributed by atoms with Crippen molar-refractivity contribution in [2.75, 3.05) is 12.0 Å². The number of hydrogen-bond donors (Lipinski definition) is 1. The predicted molar refractivity (Wildman–Crippen MR) is 107 cm³/mol. The number of halogens is 2. The van der Waals surface area contributed by atoms with E-state index >= 15 is 0 Å². The van der Waals surface area contributed by atoms with E-state index in [9.17, 15) is 13.2 Å². The summed E-state index contributed by atoms with van der Waals surface area (Å²) >= 11 is 14.7. The molecule has 1 heterocycles. The third-order valence-electron chi connectivity index (χ3n) is 3.35. The summed E-state index contributed by atoms with van der Waals surface area (Å²) in [5.41, 5.74) is 0. The molecule has 1 unspecified atom stereocenters. The molecule has 1 amide bonds. The summed E-state index contributed by atoms with van der Waals surface area (Å²) in [7, 11) is -2.28. The molecule has 142 valence electrons. The molecule has 6 nitrogen and oxygen atoms in total. The van der Waals surface area contributed by atoms with Gasteiger partial charge in [0.2, 0.25) is 10.0 Å². The Balaban J connectivity index is 2.34. The summed E-state index contributed by atoms with van der Waals surface area (Å²) in [4.78, 5) is 16.9. The van der Waals surface area contributed by atoms with Crippen molar-refractivity contribution in [2.24, 2.45) is 12.0 Å². The lowest BCUT2D eigenvalue weighted by Crippen LogP contribution is -2.41. The fraction of sp³-hybridized carbons (Fsp3) is 0.333. The smallest absolute Gasteiger partial charge is 0.266 e. The average molecular weight is 454 g/mol. The summed E-state index contributed by atoms with van der Waals surface area (Å²) in [5, 5.41) is 2.05. The number of thioether (sulfide) groups is 1. The number of aromatic nitrogens is 1. The summed E-state index contributed by atoms with van der Waals surface area (Å²) in [6.45, 7) is 0. The average Bonchev–Trinajstić information content (AvgIpc) is 2.98. The largest absolute Gasteiger partial charge is 0.327 e. The minimum atomic E-state index is -4.04. The number of carbonyl (C=O) groups is 1. The molecule has 0 aliphatic carbocycles. The number of rotatable bonds is 7. The number of hydrogen-bond acceptors (Lipinski definition) is 5. The van der Waals surface area contributed by atoms with Gasteiger partial charge in [0, 0.05) is 23.6 Å². The lowest BCUT2D eigenvalue weighted by molar-refractivity contribution is -0.119. The number of nitrogens with zero attached hydrogens (tertiary/aromatic N) is 2. The van der Waals surface area contributed by atoms with Crippen LogP contribution in [0.4, 0.5) is 0 Å². The molecule has 0 spiro atoms. The van der Waals surface area contributed by atoms with E-state index in [1.807, 2.05) is 6.26 Å². The van der Waals surface area contributed by atoms with Crippen LogP contribution in [0.1, 0.15) is 6.42 Å². The van der Waals surface area contributed by atoms with Crippen molar-refractivity contribution < 1.29 is 13.2 Å². The van der Waals surface area contributed by atoms with Crippen molar-refractivity contribution in [2.45, 2.75) is 17.4 Å². The zero-order valence-corrected chi connectivity index (χ0v) is 17.9. The number of thiazole rings is 1. The van der Waals surface area contributed by atoms with Gasteiger partial charge in [0.05, 0.1) is 5.02 Å². The molecular formula is C15H17Cl2N3O3S3. The van der Waals surface area contributed by atoms with E-state index in [1.54, 1.807) is 23.2 Å². The number of aryl methyl sites for hydroxylation is 1. The number of carbonyl (C=O) groups excluding carboxylic acids is 1. The fourth-order valence-electron chi connectivity index (χ4n) is 2.01. The highest BCUT2D eigenvalue weighted by Gasteiger charge is 2.27. The van der Waals surface area contributed by atoms with Crippen LogP contribution >= 0.6 is 46.3 Å². The van der Waals surface area contributed by atoms with Crippen LogP contribution in [-0.4, -0.2) is 36.9 Å². The monoisotopic (exact) mass is 453 g/mol. The van der Waals surface area contributed by atoms with Crippen LogP contribution in [0.2, 0.25) is 10.0 Å². The van der Waals surface area contributed by atoms with Crippen LogP contribution in [0, 0.1) is 0 Å². The summed E-state index contributed by atoms with van der Waals surface area (Å²) in [5.74, 6) is 0.0349. The second-order valence-electron chi connectivity index (χ2n) is 5.28. The molecular weight excluding hydrogens is 437 g/mol. The highest BCUT2D eigenvalue weighted by atomic mass is 35.5. The first-order valence-corrected chi connectivity index (χ1v) is 11.9. The van der Waals surface area contributed by atoms with Crippen LogP contribution < -0.4 is 9.52 Å². The zero-order valence-electron chi connectivity index (χ0n) is 14.0. The van der Waals surface area contributed by atoms with Crippen molar-refractivity contribution >= 4 is 62.2 Å². The van der Waals surface area contributed by atoms with E-state index in [-0.39, 0.29) is 14.9 Å². The number of amides is 1. The molecule has 0 aliphatic rings. The number of nitrogens with one attached hydrogen (secondary N) is 1. The van der Waals surface area contributed by atoms with E-state index < -0.39 is 22.0 Å². The third kappa shape index (κ3) is 5.58. The van der Waals surface area contributed by atoms with E-state index in [2.05, 4.69) is 9.71 Å². The van der Waals surface area contributed by atoms with Gasteiger partial charge in [-0.25, -0.2) is 8.42 Å². The molecule has 1 aromatic carbocycles. The topological polar surface area (TPSA) is 80.5 Å². The SMILES string of the molecule is CSCCC(NS(=O)(=O)c1cc(Cl)ccc1Cl)C(=O)N=c1sccn1C. The van der Waals surface area contributed by atoms with Gasteiger partial charge in [0.25, 0.3) is 5.91 Å². The quantitative estimate of drug-likeness (QED) is 0.698. The van der Waals surface area contributed by atoms with Gasteiger partial charge >= 0.3 is 0 Å². The first-order valence-electron chi connectivity index (χ1n) is 7.39. The first kappa shape index (κ1) is 21.5. The Hall–Kier alpha value is -0.840. The van der Waals surface area contributed by atoms with Crippen LogP contribution in [0.5, 0.6) is 0 Å². The molecule has 0 bridgehead atoms. The molecule has 2 rings (SSSR count). The molecule has 26 heavy (non-hydrogen) atoms. The molecule has 2 aromatic rings. The molecule has 11 heteroatoms. The highest BCUT2D eigenvalue weighted by Crippen LogP contribution is 2.25. The van der Waals surface area contributed by atoms with Gasteiger partial charge < -0.3 is 4.57 Å². The zero-order chi connectivity index (χ0) is 19.3. The highest BCUT2D eigenvalue weighted by molar-refractivity contribution is 7.98. The lowest BCUT2D eigenvalue weighted by atomic mass is 10.2. The van der Waals surface area contributed by atoms with Crippen molar-refractivity contribution in [3.8, 4) is 0 Å². The molecule has 0 fully saturated rings. The Morgan fingerprint density at radius 1 is 1.42 bits per heavy atom. The van der Waals surface area contributed by atoms with Crippen LogP contribution in [0.3, 0.4) is 0 Å². The van der Waals surface area contributed by atoms with E-state index in [4.69, 9.17) is 23.2 Å². The Morgan fingerprint density at radius 2 is 2.15 bits per heavy atom. The normalized spacial score (nSPS) is 13.8. The van der Waals surface area contributed by atoms with Gasteiger partial charge in [-0.2, -0.15) is 21.5 Å². The molecule has 0 aliphatic heterocycles. The van der Waals surface area contributed by atoms with Crippen molar-refractivity contribution in [3.05, 3.63) is 44.6 Å². The van der Waals surface area contributed by atoms with Gasteiger partial charge in [-0.05, 0) is 36.6 Å². The molecule has 1 atom stereocenters. The maximum atomic E-state index is 12.7. The Kier molecular flexibility index (Phi) is 7.75. The third-order valence-corrected chi connectivity index (χ3v) is 7.03. The Morgan fingerprint density at radius 3 is 2.77 bits per heavy atom. The van der Waals surface area contributed by atoms with Gasteiger partial charge in [0.15, 0.2) is 4.80 Å². The Labute approximate surface area is 170 Å². The number of benzene rings is 1. The molecule has 1 aromatic heterocycles. The van der Waals surface area contributed by atoms with Gasteiger partial charge in [0.1, 0.15) is 10.9 Å². The minimum Gasteiger partial charge on any atom is -0.327 e. The standard InChI is InChI=1S/C15H17Cl2N3O3S3/c1-20-6-8-25-15(20)18-14(21)12(5-7-24-2)19-26(22,23)13-9-10(16)3-4-11(13)17/h3-4,6,8-9,12,19H,5,7H2,1-2H3. The van der Waals surface area contributed by atoms with E-state index in [0.29, 0.717) is 17.0 Å². The molecule has 1 N–H and O–H groups in total. The minimum absolute atomic E-state index is 0.0274. The van der Waals surface area contributed by atoms with Gasteiger partial charge in [-0.1, -0.05) is 23.2 Å². The number of sulfonamides is 1. The predicted octanol–water partition coefficient (Wildman–Crippen LogP) is 2.92. The second kappa shape index (κ2) is 9.38. The maximum Gasteiger partial charge on any atom is 0.266 e. The van der Waals surface area contributed by atoms with Gasteiger partial charge in [-0.3, -0.25) is 4.79 Å². The fourth-order valence-corrected chi connectivity index (χ4v) is 5.20. The first-order chi connectivity index (χ1) is 12.2. The van der Waals surface area contributed by atoms with E-state index in [1.165, 1.54) is 41.3 Å². The van der Waals surface area contributed by atoms with E-state index in [0.717, 1.165) is 0 Å². The summed E-state index contributed by atoms with van der Waals surface area (Å²) in [6.07, 6.45) is 3.94. The lowest BCUT2D eigenvalue weighted by Gasteiger charge is -2.16.